The Balaban J connectivity index is 1.59. The summed E-state index contributed by atoms with van der Waals surface area (Å²) in [6, 6.07) is 31.2. The maximum Gasteiger partial charge on any atom is 0.328 e. The van der Waals surface area contributed by atoms with Crippen molar-refractivity contribution in [2.24, 2.45) is 0 Å². The fourth-order valence-electron chi connectivity index (χ4n) is 5.29. The lowest BCUT2D eigenvalue weighted by atomic mass is 9.67. The molecule has 41 heavy (non-hydrogen) atoms. The van der Waals surface area contributed by atoms with E-state index in [2.05, 4.69) is 34.9 Å². The van der Waals surface area contributed by atoms with Gasteiger partial charge in [0.1, 0.15) is 0 Å². The SMILES string of the molecule is O=C(O)/C=C\C(=O)Nc1ccc(C2(c3ccc(NC(=O)/C=C\C(=O)O)cc3)c3ccccc3-c3ccccc32)cc1. The Morgan fingerprint density at radius 2 is 0.878 bits per heavy atom. The summed E-state index contributed by atoms with van der Waals surface area (Å²) in [6.07, 6.45) is 3.47. The van der Waals surface area contributed by atoms with Crippen LogP contribution in [0, 0.1) is 0 Å². The Labute approximate surface area is 235 Å². The van der Waals surface area contributed by atoms with Crippen LogP contribution in [0.25, 0.3) is 11.1 Å². The highest BCUT2D eigenvalue weighted by atomic mass is 16.4. The van der Waals surface area contributed by atoms with Gasteiger partial charge in [0.2, 0.25) is 11.8 Å². The molecule has 0 unspecified atom stereocenters. The van der Waals surface area contributed by atoms with Gasteiger partial charge in [-0.05, 0) is 57.6 Å². The highest BCUT2D eigenvalue weighted by Gasteiger charge is 2.45. The first kappa shape index (κ1) is 26.8. The summed E-state index contributed by atoms with van der Waals surface area (Å²) in [5.74, 6) is -3.53. The summed E-state index contributed by atoms with van der Waals surface area (Å²) in [5, 5.41) is 22.9. The van der Waals surface area contributed by atoms with E-state index in [4.69, 9.17) is 10.2 Å². The van der Waals surface area contributed by atoms with Crippen LogP contribution in [0.15, 0.2) is 121 Å². The second-order valence-corrected chi connectivity index (χ2v) is 9.32. The molecule has 0 bridgehead atoms. The maximum atomic E-state index is 12.1. The van der Waals surface area contributed by atoms with E-state index in [1.54, 1.807) is 24.3 Å². The van der Waals surface area contributed by atoms with E-state index in [0.717, 1.165) is 57.7 Å². The molecule has 1 aliphatic rings. The van der Waals surface area contributed by atoms with Crippen molar-refractivity contribution in [1.82, 2.24) is 0 Å². The van der Waals surface area contributed by atoms with Gasteiger partial charge < -0.3 is 20.8 Å². The molecule has 8 heteroatoms. The first-order chi connectivity index (χ1) is 19.8. The molecule has 8 nitrogen and oxygen atoms in total. The van der Waals surface area contributed by atoms with Crippen LogP contribution in [-0.2, 0) is 24.6 Å². The van der Waals surface area contributed by atoms with E-state index >= 15 is 0 Å². The molecule has 0 aromatic heterocycles. The maximum absolute atomic E-state index is 12.1. The highest BCUT2D eigenvalue weighted by Crippen LogP contribution is 2.56. The van der Waals surface area contributed by atoms with Gasteiger partial charge >= 0.3 is 11.9 Å². The molecular weight excluding hydrogens is 520 g/mol. The number of fused-ring (bicyclic) bond motifs is 3. The molecule has 1 aliphatic carbocycles. The summed E-state index contributed by atoms with van der Waals surface area (Å²) in [4.78, 5) is 45.7. The average molecular weight is 545 g/mol. The summed E-state index contributed by atoms with van der Waals surface area (Å²) >= 11 is 0. The zero-order valence-electron chi connectivity index (χ0n) is 21.6. The number of rotatable bonds is 8. The number of carboxylic acids is 2. The van der Waals surface area contributed by atoms with E-state index in [-0.39, 0.29) is 0 Å². The molecule has 0 spiro atoms. The van der Waals surface area contributed by atoms with Crippen LogP contribution < -0.4 is 10.6 Å². The zero-order chi connectivity index (χ0) is 29.0. The fourth-order valence-corrected chi connectivity index (χ4v) is 5.29. The van der Waals surface area contributed by atoms with E-state index in [0.29, 0.717) is 11.4 Å². The summed E-state index contributed by atoms with van der Waals surface area (Å²) < 4.78 is 0. The van der Waals surface area contributed by atoms with Crippen molar-refractivity contribution < 1.29 is 29.4 Å². The number of carboxylic acid groups (broad SMARTS) is 2. The van der Waals surface area contributed by atoms with Crippen LogP contribution in [0.3, 0.4) is 0 Å². The molecule has 0 saturated heterocycles. The second-order valence-electron chi connectivity index (χ2n) is 9.32. The number of hydrogen-bond donors (Lipinski definition) is 4. The quantitative estimate of drug-likeness (QED) is 0.198. The smallest absolute Gasteiger partial charge is 0.328 e. The lowest BCUT2D eigenvalue weighted by Crippen LogP contribution is -2.28. The Morgan fingerprint density at radius 1 is 0.512 bits per heavy atom. The minimum absolute atomic E-state index is 0.510. The molecular formula is C33H24N2O6. The molecule has 0 saturated carbocycles. The highest BCUT2D eigenvalue weighted by molar-refractivity contribution is 6.03. The van der Waals surface area contributed by atoms with Crippen LogP contribution in [-0.4, -0.2) is 34.0 Å². The molecule has 202 valence electrons. The van der Waals surface area contributed by atoms with Gasteiger partial charge in [0.25, 0.3) is 0 Å². The molecule has 0 atom stereocenters. The van der Waals surface area contributed by atoms with Crippen LogP contribution in [0.1, 0.15) is 22.3 Å². The van der Waals surface area contributed by atoms with Crippen LogP contribution >= 0.6 is 0 Å². The standard InChI is InChI=1S/C33H24N2O6/c36-29(17-19-31(38)39)34-23-13-9-21(10-14-23)33(22-11-15-24(16-12-22)35-30(37)18-20-32(40)41)27-7-3-1-5-25(27)26-6-2-4-8-28(26)33/h1-20H,(H,34,36)(H,35,37)(H,38,39)(H,40,41)/b19-17-,20-18-. The van der Waals surface area contributed by atoms with E-state index in [9.17, 15) is 19.2 Å². The summed E-state index contributed by atoms with van der Waals surface area (Å²) in [7, 11) is 0. The number of amides is 2. The topological polar surface area (TPSA) is 133 Å². The third-order valence-corrected chi connectivity index (χ3v) is 6.88. The summed E-state index contributed by atoms with van der Waals surface area (Å²) in [5.41, 5.74) is 6.51. The number of benzene rings is 4. The molecule has 4 aromatic carbocycles. The minimum Gasteiger partial charge on any atom is -0.478 e. The number of carbonyl (C=O) groups is 4. The lowest BCUT2D eigenvalue weighted by Gasteiger charge is -2.34. The number of nitrogens with one attached hydrogen (secondary N) is 2. The third-order valence-electron chi connectivity index (χ3n) is 6.88. The molecule has 0 radical (unpaired) electrons. The van der Waals surface area contributed by atoms with Crippen molar-refractivity contribution >= 4 is 35.1 Å². The molecule has 2 amide bonds. The van der Waals surface area contributed by atoms with Gasteiger partial charge in [0.15, 0.2) is 0 Å². The monoisotopic (exact) mass is 544 g/mol. The minimum atomic E-state index is -1.21. The predicted octanol–water partition coefficient (Wildman–Crippen LogP) is 5.21. The lowest BCUT2D eigenvalue weighted by molar-refractivity contribution is -0.132. The van der Waals surface area contributed by atoms with Crippen LogP contribution in [0.4, 0.5) is 11.4 Å². The molecule has 4 aromatic rings. The number of carbonyl (C=O) groups excluding carboxylic acids is 2. The Hall–Kier alpha value is -5.76. The van der Waals surface area contributed by atoms with Crippen LogP contribution in [0.5, 0.6) is 0 Å². The van der Waals surface area contributed by atoms with E-state index in [1.165, 1.54) is 0 Å². The number of aliphatic carboxylic acids is 2. The summed E-state index contributed by atoms with van der Waals surface area (Å²) in [6.45, 7) is 0. The van der Waals surface area contributed by atoms with Gasteiger partial charge in [-0.15, -0.1) is 0 Å². The normalized spacial score (nSPS) is 13.0. The third kappa shape index (κ3) is 5.26. The Kier molecular flexibility index (Phi) is 7.30. The van der Waals surface area contributed by atoms with Gasteiger partial charge in [-0.3, -0.25) is 9.59 Å². The molecule has 4 N–H and O–H groups in total. The van der Waals surface area contributed by atoms with Crippen molar-refractivity contribution in [3.8, 4) is 11.1 Å². The van der Waals surface area contributed by atoms with Crippen molar-refractivity contribution in [2.75, 3.05) is 10.6 Å². The molecule has 5 rings (SSSR count). The van der Waals surface area contributed by atoms with Crippen molar-refractivity contribution in [3.63, 3.8) is 0 Å². The van der Waals surface area contributed by atoms with Gasteiger partial charge in [-0.1, -0.05) is 72.8 Å². The second kappa shape index (κ2) is 11.2. The van der Waals surface area contributed by atoms with Crippen molar-refractivity contribution in [2.45, 2.75) is 5.41 Å². The first-order valence-corrected chi connectivity index (χ1v) is 12.6. The van der Waals surface area contributed by atoms with E-state index in [1.807, 2.05) is 48.5 Å². The molecule has 0 fully saturated rings. The largest absolute Gasteiger partial charge is 0.478 e. The molecule has 0 aliphatic heterocycles. The molecule has 0 heterocycles. The van der Waals surface area contributed by atoms with Crippen LogP contribution in [0.2, 0.25) is 0 Å². The van der Waals surface area contributed by atoms with Crippen molar-refractivity contribution in [1.29, 1.82) is 0 Å². The Bertz CT molecular complexity index is 1590. The van der Waals surface area contributed by atoms with Gasteiger partial charge in [0, 0.05) is 35.7 Å². The fraction of sp³-hybridized carbons (Fsp3) is 0.0303. The van der Waals surface area contributed by atoms with Gasteiger partial charge in [-0.25, -0.2) is 9.59 Å². The number of hydrogen-bond acceptors (Lipinski definition) is 4. The average Bonchev–Trinajstić information content (AvgIpc) is 3.27. The van der Waals surface area contributed by atoms with Gasteiger partial charge in [0.05, 0.1) is 5.41 Å². The first-order valence-electron chi connectivity index (χ1n) is 12.6. The van der Waals surface area contributed by atoms with E-state index < -0.39 is 29.2 Å². The zero-order valence-corrected chi connectivity index (χ0v) is 21.6. The van der Waals surface area contributed by atoms with Crippen molar-refractivity contribution in [3.05, 3.63) is 144 Å². The Morgan fingerprint density at radius 3 is 1.24 bits per heavy atom. The van der Waals surface area contributed by atoms with Gasteiger partial charge in [-0.2, -0.15) is 0 Å². The number of anilines is 2. The predicted molar refractivity (Wildman–Crippen MR) is 155 cm³/mol.